The zero-order valence-electron chi connectivity index (χ0n) is 11.2. The summed E-state index contributed by atoms with van der Waals surface area (Å²) in [5.41, 5.74) is 0. The highest BCUT2D eigenvalue weighted by atomic mass is 16.2. The van der Waals surface area contributed by atoms with Crippen molar-refractivity contribution in [1.82, 2.24) is 10.2 Å². The molecule has 1 N–H and O–H groups in total. The molecule has 2 fully saturated rings. The van der Waals surface area contributed by atoms with E-state index in [0.29, 0.717) is 11.8 Å². The Bertz CT molecular complexity index is 259. The van der Waals surface area contributed by atoms with E-state index in [-0.39, 0.29) is 0 Å². The topological polar surface area (TPSA) is 32.3 Å². The van der Waals surface area contributed by atoms with Gasteiger partial charge in [-0.2, -0.15) is 0 Å². The van der Waals surface area contributed by atoms with Crippen molar-refractivity contribution < 1.29 is 4.79 Å². The van der Waals surface area contributed by atoms with Crippen LogP contribution in [0.5, 0.6) is 0 Å². The fraction of sp³-hybridized carbons (Fsp3) is 0.929. The van der Waals surface area contributed by atoms with Crippen molar-refractivity contribution in [3.05, 3.63) is 0 Å². The van der Waals surface area contributed by atoms with E-state index in [4.69, 9.17) is 0 Å². The number of nitrogens with one attached hydrogen (secondary N) is 1. The van der Waals surface area contributed by atoms with E-state index in [1.165, 1.54) is 32.4 Å². The number of likely N-dealkylation sites (tertiary alicyclic amines) is 1. The standard InChI is InChI=1S/C14H26N2O/c1-11(2)9-14(17)16-8-5-13(10-16)12-3-6-15-7-4-12/h11-13,15H,3-10H2,1-2H3. The van der Waals surface area contributed by atoms with Crippen molar-refractivity contribution >= 4 is 5.91 Å². The van der Waals surface area contributed by atoms with Crippen LogP contribution in [0.1, 0.15) is 39.5 Å². The van der Waals surface area contributed by atoms with Crippen LogP contribution in [0.25, 0.3) is 0 Å². The van der Waals surface area contributed by atoms with Crippen LogP contribution < -0.4 is 5.32 Å². The van der Waals surface area contributed by atoms with Crippen LogP contribution in [0, 0.1) is 17.8 Å². The number of hydrogen-bond acceptors (Lipinski definition) is 2. The summed E-state index contributed by atoms with van der Waals surface area (Å²) in [6.07, 6.45) is 4.56. The Balaban J connectivity index is 1.80. The maximum absolute atomic E-state index is 12.0. The number of hydrogen-bond donors (Lipinski definition) is 1. The maximum Gasteiger partial charge on any atom is 0.222 e. The minimum Gasteiger partial charge on any atom is -0.342 e. The quantitative estimate of drug-likeness (QED) is 0.814. The average molecular weight is 238 g/mol. The number of amides is 1. The minimum absolute atomic E-state index is 0.372. The molecule has 1 atom stereocenters. The molecule has 17 heavy (non-hydrogen) atoms. The highest BCUT2D eigenvalue weighted by Crippen LogP contribution is 2.30. The molecule has 2 aliphatic rings. The Hall–Kier alpha value is -0.570. The first-order valence-corrected chi connectivity index (χ1v) is 7.15. The largest absolute Gasteiger partial charge is 0.342 e. The number of nitrogens with zero attached hydrogens (tertiary/aromatic N) is 1. The SMILES string of the molecule is CC(C)CC(=O)N1CCC(C2CCNCC2)C1. The second-order valence-corrected chi connectivity index (χ2v) is 6.07. The summed E-state index contributed by atoms with van der Waals surface area (Å²) in [5.74, 6) is 2.48. The molecule has 2 heterocycles. The molecule has 0 aromatic rings. The number of piperidine rings is 1. The average Bonchev–Trinajstić information content (AvgIpc) is 2.78. The van der Waals surface area contributed by atoms with E-state index in [2.05, 4.69) is 24.1 Å². The maximum atomic E-state index is 12.0. The van der Waals surface area contributed by atoms with Gasteiger partial charge >= 0.3 is 0 Å². The van der Waals surface area contributed by atoms with E-state index < -0.39 is 0 Å². The molecule has 1 unspecified atom stereocenters. The summed E-state index contributed by atoms with van der Waals surface area (Å²) in [4.78, 5) is 14.1. The molecule has 0 bridgehead atoms. The molecule has 3 nitrogen and oxygen atoms in total. The lowest BCUT2D eigenvalue weighted by molar-refractivity contribution is -0.131. The van der Waals surface area contributed by atoms with Gasteiger partial charge in [0.1, 0.15) is 0 Å². The van der Waals surface area contributed by atoms with Gasteiger partial charge in [0, 0.05) is 19.5 Å². The van der Waals surface area contributed by atoms with Gasteiger partial charge in [-0.25, -0.2) is 0 Å². The smallest absolute Gasteiger partial charge is 0.222 e. The minimum atomic E-state index is 0.372. The fourth-order valence-electron chi connectivity index (χ4n) is 3.19. The summed E-state index contributed by atoms with van der Waals surface area (Å²) in [5, 5.41) is 3.42. The molecule has 3 heteroatoms. The Morgan fingerprint density at radius 2 is 1.94 bits per heavy atom. The van der Waals surface area contributed by atoms with Gasteiger partial charge in [0.2, 0.25) is 5.91 Å². The second kappa shape index (κ2) is 5.85. The third kappa shape index (κ3) is 3.44. The zero-order chi connectivity index (χ0) is 12.3. The zero-order valence-corrected chi connectivity index (χ0v) is 11.2. The van der Waals surface area contributed by atoms with Crippen molar-refractivity contribution in [3.63, 3.8) is 0 Å². The summed E-state index contributed by atoms with van der Waals surface area (Å²) >= 11 is 0. The first-order chi connectivity index (χ1) is 8.16. The Morgan fingerprint density at radius 3 is 2.59 bits per heavy atom. The van der Waals surface area contributed by atoms with Gasteiger partial charge in [0.05, 0.1) is 0 Å². The third-order valence-electron chi connectivity index (χ3n) is 4.21. The number of carbonyl (C=O) groups is 1. The van der Waals surface area contributed by atoms with Crippen molar-refractivity contribution in [2.75, 3.05) is 26.2 Å². The van der Waals surface area contributed by atoms with Crippen LogP contribution in [-0.2, 0) is 4.79 Å². The summed E-state index contributed by atoms with van der Waals surface area (Å²) < 4.78 is 0. The highest BCUT2D eigenvalue weighted by Gasteiger charge is 2.32. The molecule has 0 aromatic heterocycles. The first kappa shape index (κ1) is 12.9. The highest BCUT2D eigenvalue weighted by molar-refractivity contribution is 5.76. The van der Waals surface area contributed by atoms with Crippen molar-refractivity contribution in [3.8, 4) is 0 Å². The fourth-order valence-corrected chi connectivity index (χ4v) is 3.19. The van der Waals surface area contributed by atoms with E-state index in [1.807, 2.05) is 0 Å². The molecule has 1 amide bonds. The Labute approximate surface area is 105 Å². The monoisotopic (exact) mass is 238 g/mol. The predicted molar refractivity (Wildman–Crippen MR) is 69.7 cm³/mol. The molecule has 0 aliphatic carbocycles. The van der Waals surface area contributed by atoms with Gasteiger partial charge in [0.15, 0.2) is 0 Å². The molecule has 2 aliphatic heterocycles. The van der Waals surface area contributed by atoms with Crippen molar-refractivity contribution in [2.24, 2.45) is 17.8 Å². The Morgan fingerprint density at radius 1 is 1.24 bits per heavy atom. The Kier molecular flexibility index (Phi) is 4.43. The van der Waals surface area contributed by atoms with Crippen LogP contribution in [0.3, 0.4) is 0 Å². The first-order valence-electron chi connectivity index (χ1n) is 7.15. The van der Waals surface area contributed by atoms with Crippen LogP contribution >= 0.6 is 0 Å². The predicted octanol–water partition coefficient (Wildman–Crippen LogP) is 1.88. The van der Waals surface area contributed by atoms with Gasteiger partial charge in [0.25, 0.3) is 0 Å². The molecular weight excluding hydrogens is 212 g/mol. The summed E-state index contributed by atoms with van der Waals surface area (Å²) in [6.45, 7) is 8.61. The molecule has 2 saturated heterocycles. The van der Waals surface area contributed by atoms with Crippen LogP contribution in [0.2, 0.25) is 0 Å². The molecule has 0 spiro atoms. The van der Waals surface area contributed by atoms with Gasteiger partial charge in [-0.1, -0.05) is 13.8 Å². The van der Waals surface area contributed by atoms with Crippen LogP contribution in [0.4, 0.5) is 0 Å². The third-order valence-corrected chi connectivity index (χ3v) is 4.21. The van der Waals surface area contributed by atoms with Gasteiger partial charge in [-0.15, -0.1) is 0 Å². The number of carbonyl (C=O) groups excluding carboxylic acids is 1. The van der Waals surface area contributed by atoms with E-state index in [9.17, 15) is 4.79 Å². The molecule has 98 valence electrons. The van der Waals surface area contributed by atoms with E-state index in [1.54, 1.807) is 0 Å². The molecular formula is C14H26N2O. The summed E-state index contributed by atoms with van der Waals surface area (Å²) in [7, 11) is 0. The van der Waals surface area contributed by atoms with Crippen LogP contribution in [-0.4, -0.2) is 37.0 Å². The normalized spacial score (nSPS) is 26.8. The summed E-state index contributed by atoms with van der Waals surface area (Å²) in [6, 6.07) is 0. The molecule has 0 radical (unpaired) electrons. The second-order valence-electron chi connectivity index (χ2n) is 6.07. The van der Waals surface area contributed by atoms with E-state index >= 15 is 0 Å². The lowest BCUT2D eigenvalue weighted by atomic mass is 9.84. The number of rotatable bonds is 3. The van der Waals surface area contributed by atoms with Gasteiger partial charge < -0.3 is 10.2 Å². The van der Waals surface area contributed by atoms with Gasteiger partial charge in [-0.05, 0) is 50.1 Å². The van der Waals surface area contributed by atoms with Gasteiger partial charge in [-0.3, -0.25) is 4.79 Å². The molecule has 0 aromatic carbocycles. The van der Waals surface area contributed by atoms with E-state index in [0.717, 1.165) is 31.3 Å². The molecule has 2 rings (SSSR count). The van der Waals surface area contributed by atoms with Crippen molar-refractivity contribution in [2.45, 2.75) is 39.5 Å². The lowest BCUT2D eigenvalue weighted by Gasteiger charge is -2.28. The van der Waals surface area contributed by atoms with Crippen molar-refractivity contribution in [1.29, 1.82) is 0 Å². The molecule has 0 saturated carbocycles. The van der Waals surface area contributed by atoms with Crippen LogP contribution in [0.15, 0.2) is 0 Å². The lowest BCUT2D eigenvalue weighted by Crippen LogP contribution is -2.34.